The Bertz CT molecular complexity index is 634. The summed E-state index contributed by atoms with van der Waals surface area (Å²) in [6.45, 7) is 2.82. The SMILES string of the molecule is Fc1cc2c(cc1F)N(CCCOc1ccccc1)CCN2. The molecule has 5 heteroatoms. The zero-order valence-electron chi connectivity index (χ0n) is 12.2. The smallest absolute Gasteiger partial charge is 0.161 e. The maximum atomic E-state index is 13.4. The average Bonchev–Trinajstić information content (AvgIpc) is 2.54. The zero-order chi connectivity index (χ0) is 15.4. The van der Waals surface area contributed by atoms with Crippen LogP contribution >= 0.6 is 0 Å². The Balaban J connectivity index is 1.57. The molecule has 3 rings (SSSR count). The lowest BCUT2D eigenvalue weighted by Crippen LogP contribution is -2.35. The number of hydrogen-bond donors (Lipinski definition) is 1. The molecule has 1 heterocycles. The number of anilines is 2. The van der Waals surface area contributed by atoms with E-state index < -0.39 is 11.6 Å². The minimum atomic E-state index is -0.819. The first kappa shape index (κ1) is 14.6. The summed E-state index contributed by atoms with van der Waals surface area (Å²) in [6.07, 6.45) is 0.813. The van der Waals surface area contributed by atoms with Gasteiger partial charge in [-0.2, -0.15) is 0 Å². The van der Waals surface area contributed by atoms with Gasteiger partial charge in [-0.25, -0.2) is 8.78 Å². The Morgan fingerprint density at radius 1 is 1.09 bits per heavy atom. The number of fused-ring (bicyclic) bond motifs is 1. The highest BCUT2D eigenvalue weighted by atomic mass is 19.2. The van der Waals surface area contributed by atoms with Crippen LogP contribution in [0, 0.1) is 11.6 Å². The van der Waals surface area contributed by atoms with Crippen LogP contribution in [0.25, 0.3) is 0 Å². The average molecular weight is 304 g/mol. The van der Waals surface area contributed by atoms with Crippen molar-refractivity contribution in [2.24, 2.45) is 0 Å². The quantitative estimate of drug-likeness (QED) is 0.853. The van der Waals surface area contributed by atoms with Crippen molar-refractivity contribution >= 4 is 11.4 Å². The summed E-state index contributed by atoms with van der Waals surface area (Å²) in [4.78, 5) is 2.06. The van der Waals surface area contributed by atoms with Gasteiger partial charge in [-0.05, 0) is 18.6 Å². The number of hydrogen-bond acceptors (Lipinski definition) is 3. The van der Waals surface area contributed by atoms with Gasteiger partial charge in [0.1, 0.15) is 5.75 Å². The standard InChI is InChI=1S/C17H18F2N2O/c18-14-11-16-17(12-15(14)19)21(9-7-20-16)8-4-10-22-13-5-2-1-3-6-13/h1-3,5-6,11-12,20H,4,7-10H2. The molecule has 1 aliphatic heterocycles. The van der Waals surface area contributed by atoms with Crippen LogP contribution in [0.3, 0.4) is 0 Å². The van der Waals surface area contributed by atoms with Gasteiger partial charge in [-0.3, -0.25) is 0 Å². The molecule has 116 valence electrons. The number of benzene rings is 2. The Morgan fingerprint density at radius 2 is 1.86 bits per heavy atom. The molecule has 22 heavy (non-hydrogen) atoms. The fourth-order valence-electron chi connectivity index (χ4n) is 2.58. The topological polar surface area (TPSA) is 24.5 Å². The predicted molar refractivity (Wildman–Crippen MR) is 83.6 cm³/mol. The van der Waals surface area contributed by atoms with Gasteiger partial charge in [0, 0.05) is 31.8 Å². The van der Waals surface area contributed by atoms with Gasteiger partial charge >= 0.3 is 0 Å². The minimum Gasteiger partial charge on any atom is -0.494 e. The number of para-hydroxylation sites is 1. The van der Waals surface area contributed by atoms with Crippen molar-refractivity contribution < 1.29 is 13.5 Å². The van der Waals surface area contributed by atoms with E-state index in [9.17, 15) is 8.78 Å². The normalized spacial score (nSPS) is 13.5. The van der Waals surface area contributed by atoms with Crippen molar-refractivity contribution in [1.29, 1.82) is 0 Å². The summed E-state index contributed by atoms with van der Waals surface area (Å²) in [5.41, 5.74) is 1.36. The van der Waals surface area contributed by atoms with Gasteiger partial charge in [0.2, 0.25) is 0 Å². The van der Waals surface area contributed by atoms with E-state index in [-0.39, 0.29) is 0 Å². The molecule has 0 spiro atoms. The minimum absolute atomic E-state index is 0.590. The van der Waals surface area contributed by atoms with E-state index >= 15 is 0 Å². The van der Waals surface area contributed by atoms with Crippen molar-refractivity contribution in [2.75, 3.05) is 36.5 Å². The van der Waals surface area contributed by atoms with E-state index in [4.69, 9.17) is 4.74 Å². The Labute approximate surface area is 128 Å². The molecule has 0 saturated carbocycles. The summed E-state index contributed by atoms with van der Waals surface area (Å²) in [5, 5.41) is 3.10. The van der Waals surface area contributed by atoms with E-state index in [2.05, 4.69) is 10.2 Å². The summed E-state index contributed by atoms with van der Waals surface area (Å²) in [6, 6.07) is 12.1. The van der Waals surface area contributed by atoms with Gasteiger partial charge < -0.3 is 15.0 Å². The molecule has 0 atom stereocenters. The van der Waals surface area contributed by atoms with Crippen molar-refractivity contribution in [1.82, 2.24) is 0 Å². The molecule has 0 amide bonds. The zero-order valence-corrected chi connectivity index (χ0v) is 12.2. The molecule has 0 bridgehead atoms. The lowest BCUT2D eigenvalue weighted by molar-refractivity contribution is 0.312. The second-order valence-corrected chi connectivity index (χ2v) is 5.21. The van der Waals surface area contributed by atoms with Crippen LogP contribution in [-0.4, -0.2) is 26.2 Å². The fourth-order valence-corrected chi connectivity index (χ4v) is 2.58. The highest BCUT2D eigenvalue weighted by molar-refractivity contribution is 5.72. The third-order valence-electron chi connectivity index (χ3n) is 3.66. The van der Waals surface area contributed by atoms with Crippen LogP contribution in [0.4, 0.5) is 20.2 Å². The summed E-state index contributed by atoms with van der Waals surface area (Å²) in [7, 11) is 0. The summed E-state index contributed by atoms with van der Waals surface area (Å²) < 4.78 is 32.4. The largest absolute Gasteiger partial charge is 0.494 e. The highest BCUT2D eigenvalue weighted by Gasteiger charge is 2.19. The van der Waals surface area contributed by atoms with Gasteiger partial charge in [-0.1, -0.05) is 18.2 Å². The van der Waals surface area contributed by atoms with Crippen LogP contribution < -0.4 is 15.0 Å². The molecule has 0 radical (unpaired) electrons. The second-order valence-electron chi connectivity index (χ2n) is 5.21. The van der Waals surface area contributed by atoms with E-state index in [1.165, 1.54) is 12.1 Å². The van der Waals surface area contributed by atoms with E-state index in [0.717, 1.165) is 31.8 Å². The monoisotopic (exact) mass is 304 g/mol. The fraction of sp³-hybridized carbons (Fsp3) is 0.294. The third kappa shape index (κ3) is 3.30. The molecule has 3 nitrogen and oxygen atoms in total. The first-order valence-corrected chi connectivity index (χ1v) is 7.40. The molecule has 0 fully saturated rings. The molecule has 2 aromatic rings. The van der Waals surface area contributed by atoms with Crippen LogP contribution in [0.5, 0.6) is 5.75 Å². The second kappa shape index (κ2) is 6.64. The van der Waals surface area contributed by atoms with E-state index in [1.807, 2.05) is 30.3 Å². The maximum Gasteiger partial charge on any atom is 0.161 e. The highest BCUT2D eigenvalue weighted by Crippen LogP contribution is 2.31. The van der Waals surface area contributed by atoms with Gasteiger partial charge in [0.25, 0.3) is 0 Å². The van der Waals surface area contributed by atoms with Crippen molar-refractivity contribution in [3.63, 3.8) is 0 Å². The molecular weight excluding hydrogens is 286 g/mol. The molecule has 2 aromatic carbocycles. The number of nitrogens with zero attached hydrogens (tertiary/aromatic N) is 1. The molecule has 0 unspecified atom stereocenters. The van der Waals surface area contributed by atoms with Gasteiger partial charge in [0.15, 0.2) is 11.6 Å². The molecule has 1 N–H and O–H groups in total. The lowest BCUT2D eigenvalue weighted by atomic mass is 10.1. The molecule has 0 aromatic heterocycles. The molecule has 0 aliphatic carbocycles. The van der Waals surface area contributed by atoms with Gasteiger partial charge in [-0.15, -0.1) is 0 Å². The number of nitrogens with one attached hydrogen (secondary N) is 1. The Kier molecular flexibility index (Phi) is 4.42. The van der Waals surface area contributed by atoms with E-state index in [1.54, 1.807) is 0 Å². The Morgan fingerprint density at radius 3 is 2.68 bits per heavy atom. The Hall–Kier alpha value is -2.30. The lowest BCUT2D eigenvalue weighted by Gasteiger charge is -2.32. The van der Waals surface area contributed by atoms with Crippen LogP contribution in [0.2, 0.25) is 0 Å². The summed E-state index contributed by atoms with van der Waals surface area (Å²) in [5.74, 6) is -0.787. The van der Waals surface area contributed by atoms with E-state index in [0.29, 0.717) is 18.0 Å². The van der Waals surface area contributed by atoms with Crippen LogP contribution in [0.1, 0.15) is 6.42 Å². The predicted octanol–water partition coefficient (Wildman–Crippen LogP) is 3.67. The molecular formula is C17H18F2N2O. The first-order valence-electron chi connectivity index (χ1n) is 7.40. The maximum absolute atomic E-state index is 13.4. The molecule has 1 aliphatic rings. The number of rotatable bonds is 5. The number of ether oxygens (including phenoxy) is 1. The third-order valence-corrected chi connectivity index (χ3v) is 3.66. The summed E-state index contributed by atoms with van der Waals surface area (Å²) >= 11 is 0. The van der Waals surface area contributed by atoms with Crippen molar-refractivity contribution in [2.45, 2.75) is 6.42 Å². The van der Waals surface area contributed by atoms with Crippen LogP contribution in [0.15, 0.2) is 42.5 Å². The molecule has 0 saturated heterocycles. The van der Waals surface area contributed by atoms with Crippen molar-refractivity contribution in [3.8, 4) is 5.75 Å². The van der Waals surface area contributed by atoms with Crippen LogP contribution in [-0.2, 0) is 0 Å². The first-order chi connectivity index (χ1) is 10.7. The van der Waals surface area contributed by atoms with Gasteiger partial charge in [0.05, 0.1) is 18.0 Å². The van der Waals surface area contributed by atoms with Crippen molar-refractivity contribution in [3.05, 3.63) is 54.1 Å². The number of halogens is 2.